The molecule has 2 aromatic rings. The Bertz CT molecular complexity index is 938. The summed E-state index contributed by atoms with van der Waals surface area (Å²) >= 11 is 4.86. The normalized spacial score (nSPS) is 12.0. The average Bonchev–Trinajstić information content (AvgIpc) is 2.52. The van der Waals surface area contributed by atoms with Crippen LogP contribution in [0.25, 0.3) is 0 Å². The van der Waals surface area contributed by atoms with Gasteiger partial charge in [-0.3, -0.25) is 4.79 Å². The van der Waals surface area contributed by atoms with Gasteiger partial charge in [0.1, 0.15) is 0 Å². The Labute approximate surface area is 173 Å². The molecule has 27 heavy (non-hydrogen) atoms. The lowest BCUT2D eigenvalue weighted by molar-refractivity contribution is -0.113. The van der Waals surface area contributed by atoms with E-state index in [1.54, 1.807) is 32.9 Å². The fraction of sp³-hybridized carbons (Fsp3) is 0.316. The Balaban J connectivity index is 2.04. The van der Waals surface area contributed by atoms with Gasteiger partial charge in [-0.1, -0.05) is 22.0 Å². The van der Waals surface area contributed by atoms with Gasteiger partial charge >= 0.3 is 0 Å². The molecular formula is C19H23BrN2O3S2. The maximum atomic E-state index is 12.4. The quantitative estimate of drug-likeness (QED) is 0.606. The summed E-state index contributed by atoms with van der Waals surface area (Å²) in [5, 5.41) is 2.76. The van der Waals surface area contributed by atoms with E-state index in [1.165, 1.54) is 23.9 Å². The van der Waals surface area contributed by atoms with Crippen molar-refractivity contribution in [1.82, 2.24) is 4.72 Å². The number of hydrogen-bond acceptors (Lipinski definition) is 4. The second-order valence-electron chi connectivity index (χ2n) is 7.13. The number of amides is 1. The van der Waals surface area contributed by atoms with Crippen molar-refractivity contribution < 1.29 is 13.2 Å². The molecule has 0 aromatic heterocycles. The molecule has 0 aliphatic heterocycles. The van der Waals surface area contributed by atoms with E-state index < -0.39 is 15.6 Å². The molecule has 0 aliphatic carbocycles. The summed E-state index contributed by atoms with van der Waals surface area (Å²) in [5.74, 6) is 0.0420. The highest BCUT2D eigenvalue weighted by atomic mass is 79.9. The number of carbonyl (C=O) groups excluding carboxylic acids is 1. The standard InChI is InChI=1S/C19H23BrN2O3S2/c1-13-10-14(20)8-9-17(13)26-12-18(23)21-15-6-5-7-16(11-15)27(24,25)22-19(2,3)4/h5-11,22H,12H2,1-4H3,(H,21,23). The third-order valence-electron chi connectivity index (χ3n) is 3.36. The zero-order valence-electron chi connectivity index (χ0n) is 15.7. The zero-order chi connectivity index (χ0) is 20.2. The first-order valence-corrected chi connectivity index (χ1v) is 11.6. The van der Waals surface area contributed by atoms with Crippen molar-refractivity contribution in [2.24, 2.45) is 0 Å². The average molecular weight is 471 g/mol. The molecule has 0 bridgehead atoms. The van der Waals surface area contributed by atoms with Crippen molar-refractivity contribution in [1.29, 1.82) is 0 Å². The fourth-order valence-electron chi connectivity index (χ4n) is 2.32. The van der Waals surface area contributed by atoms with Crippen LogP contribution in [0.2, 0.25) is 0 Å². The van der Waals surface area contributed by atoms with Crippen LogP contribution in [0.15, 0.2) is 56.7 Å². The van der Waals surface area contributed by atoms with E-state index in [4.69, 9.17) is 0 Å². The van der Waals surface area contributed by atoms with E-state index >= 15 is 0 Å². The second kappa shape index (κ2) is 8.77. The van der Waals surface area contributed by atoms with Gasteiger partial charge in [-0.2, -0.15) is 0 Å². The molecule has 0 fully saturated rings. The highest BCUT2D eigenvalue weighted by Gasteiger charge is 2.22. The number of aryl methyl sites for hydroxylation is 1. The topological polar surface area (TPSA) is 75.3 Å². The van der Waals surface area contributed by atoms with Crippen LogP contribution in [0.5, 0.6) is 0 Å². The van der Waals surface area contributed by atoms with Crippen molar-refractivity contribution >= 4 is 49.3 Å². The molecular weight excluding hydrogens is 448 g/mol. The number of carbonyl (C=O) groups is 1. The molecule has 0 aliphatic rings. The summed E-state index contributed by atoms with van der Waals surface area (Å²) in [6, 6.07) is 12.1. The van der Waals surface area contributed by atoms with Crippen LogP contribution in [-0.4, -0.2) is 25.6 Å². The number of thioether (sulfide) groups is 1. The summed E-state index contributed by atoms with van der Waals surface area (Å²) in [6.45, 7) is 7.31. The molecule has 0 radical (unpaired) electrons. The van der Waals surface area contributed by atoms with Crippen LogP contribution in [0, 0.1) is 6.92 Å². The van der Waals surface area contributed by atoms with E-state index in [0.717, 1.165) is 14.9 Å². The molecule has 1 amide bonds. The molecule has 2 aromatic carbocycles. The lowest BCUT2D eigenvalue weighted by atomic mass is 10.1. The molecule has 0 saturated carbocycles. The Morgan fingerprint density at radius 3 is 2.48 bits per heavy atom. The number of rotatable bonds is 6. The van der Waals surface area contributed by atoms with Crippen molar-refractivity contribution in [3.05, 3.63) is 52.5 Å². The van der Waals surface area contributed by atoms with Crippen LogP contribution in [0.1, 0.15) is 26.3 Å². The number of anilines is 1. The van der Waals surface area contributed by atoms with Gasteiger partial charge in [-0.15, -0.1) is 11.8 Å². The SMILES string of the molecule is Cc1cc(Br)ccc1SCC(=O)Nc1cccc(S(=O)(=O)NC(C)(C)C)c1. The summed E-state index contributed by atoms with van der Waals surface area (Å²) < 4.78 is 28.5. The molecule has 5 nitrogen and oxygen atoms in total. The van der Waals surface area contributed by atoms with Gasteiger partial charge in [-0.25, -0.2) is 13.1 Å². The summed E-state index contributed by atoms with van der Waals surface area (Å²) in [4.78, 5) is 13.4. The lowest BCUT2D eigenvalue weighted by Gasteiger charge is -2.20. The van der Waals surface area contributed by atoms with Gasteiger partial charge < -0.3 is 5.32 Å². The summed E-state index contributed by atoms with van der Waals surface area (Å²) in [5.41, 5.74) is 0.950. The molecule has 2 rings (SSSR count). The minimum atomic E-state index is -3.65. The van der Waals surface area contributed by atoms with Crippen molar-refractivity contribution in [2.45, 2.75) is 43.0 Å². The summed E-state index contributed by atoms with van der Waals surface area (Å²) in [6.07, 6.45) is 0. The molecule has 2 N–H and O–H groups in total. The van der Waals surface area contributed by atoms with E-state index in [9.17, 15) is 13.2 Å². The molecule has 0 saturated heterocycles. The maximum Gasteiger partial charge on any atom is 0.241 e. The third-order valence-corrected chi connectivity index (χ3v) is 6.79. The number of hydrogen-bond donors (Lipinski definition) is 2. The number of sulfonamides is 1. The number of nitrogens with one attached hydrogen (secondary N) is 2. The predicted octanol–water partition coefficient (Wildman–Crippen LogP) is 4.57. The molecule has 146 valence electrons. The van der Waals surface area contributed by atoms with E-state index in [-0.39, 0.29) is 16.6 Å². The first-order valence-electron chi connectivity index (χ1n) is 8.29. The maximum absolute atomic E-state index is 12.4. The van der Waals surface area contributed by atoms with Crippen LogP contribution < -0.4 is 10.0 Å². The Morgan fingerprint density at radius 1 is 1.15 bits per heavy atom. The van der Waals surface area contributed by atoms with Crippen LogP contribution >= 0.6 is 27.7 Å². The molecule has 0 heterocycles. The van der Waals surface area contributed by atoms with Gasteiger partial charge in [-0.05, 0) is 69.7 Å². The molecule has 0 atom stereocenters. The van der Waals surface area contributed by atoms with Gasteiger partial charge in [0, 0.05) is 20.6 Å². The van der Waals surface area contributed by atoms with Gasteiger partial charge in [0.05, 0.1) is 10.6 Å². The van der Waals surface area contributed by atoms with Crippen molar-refractivity contribution in [3.8, 4) is 0 Å². The Kier molecular flexibility index (Phi) is 7.13. The Hall–Kier alpha value is -1.35. The highest BCUT2D eigenvalue weighted by Crippen LogP contribution is 2.25. The van der Waals surface area contributed by atoms with E-state index in [0.29, 0.717) is 5.69 Å². The fourth-order valence-corrected chi connectivity index (χ4v) is 5.07. The third kappa shape index (κ3) is 6.95. The lowest BCUT2D eigenvalue weighted by Crippen LogP contribution is -2.40. The zero-order valence-corrected chi connectivity index (χ0v) is 18.9. The monoisotopic (exact) mass is 470 g/mol. The summed E-state index contributed by atoms with van der Waals surface area (Å²) in [7, 11) is -3.65. The number of halogens is 1. The van der Waals surface area contributed by atoms with E-state index in [2.05, 4.69) is 26.0 Å². The number of benzene rings is 2. The first kappa shape index (κ1) is 21.9. The van der Waals surface area contributed by atoms with Gasteiger partial charge in [0.2, 0.25) is 15.9 Å². The van der Waals surface area contributed by atoms with Crippen LogP contribution in [0.3, 0.4) is 0 Å². The molecule has 8 heteroatoms. The predicted molar refractivity (Wildman–Crippen MR) is 115 cm³/mol. The smallest absolute Gasteiger partial charge is 0.241 e. The van der Waals surface area contributed by atoms with Crippen molar-refractivity contribution in [2.75, 3.05) is 11.1 Å². The largest absolute Gasteiger partial charge is 0.325 e. The molecule has 0 unspecified atom stereocenters. The minimum Gasteiger partial charge on any atom is -0.325 e. The van der Waals surface area contributed by atoms with Crippen molar-refractivity contribution in [3.63, 3.8) is 0 Å². The minimum absolute atomic E-state index is 0.117. The molecule has 0 spiro atoms. The van der Waals surface area contributed by atoms with Crippen LogP contribution in [-0.2, 0) is 14.8 Å². The highest BCUT2D eigenvalue weighted by molar-refractivity contribution is 9.10. The van der Waals surface area contributed by atoms with Gasteiger partial charge in [0.25, 0.3) is 0 Å². The second-order valence-corrected chi connectivity index (χ2v) is 10.7. The first-order chi connectivity index (χ1) is 12.5. The Morgan fingerprint density at radius 2 is 1.85 bits per heavy atom. The van der Waals surface area contributed by atoms with E-state index in [1.807, 2.05) is 25.1 Å². The van der Waals surface area contributed by atoms with Crippen LogP contribution in [0.4, 0.5) is 5.69 Å². The van der Waals surface area contributed by atoms with Gasteiger partial charge in [0.15, 0.2) is 0 Å².